The Bertz CT molecular complexity index is 572. The molecule has 0 aromatic heterocycles. The van der Waals surface area contributed by atoms with Crippen molar-refractivity contribution in [3.63, 3.8) is 0 Å². The Morgan fingerprint density at radius 1 is 1.11 bits per heavy atom. The molecule has 0 saturated carbocycles. The molecule has 1 nitrogen and oxygen atoms in total. The lowest BCUT2D eigenvalue weighted by Gasteiger charge is -2.13. The van der Waals surface area contributed by atoms with E-state index in [9.17, 15) is 4.39 Å². The predicted molar refractivity (Wildman–Crippen MR) is 78.6 cm³/mol. The maximum Gasteiger partial charge on any atom is 0.123 e. The molecule has 19 heavy (non-hydrogen) atoms. The molecule has 0 saturated heterocycles. The number of hydrogen-bond donors (Lipinski definition) is 1. The Morgan fingerprint density at radius 2 is 1.79 bits per heavy atom. The van der Waals surface area contributed by atoms with Crippen LogP contribution in [0.4, 0.5) is 4.39 Å². The van der Waals surface area contributed by atoms with Gasteiger partial charge in [0.05, 0.1) is 0 Å². The molecule has 3 rings (SSSR count). The molecule has 1 aliphatic carbocycles. The third-order valence-electron chi connectivity index (χ3n) is 3.64. The summed E-state index contributed by atoms with van der Waals surface area (Å²) in [4.78, 5) is 0. The Balaban J connectivity index is 1.64. The van der Waals surface area contributed by atoms with Crippen LogP contribution < -0.4 is 5.32 Å². The summed E-state index contributed by atoms with van der Waals surface area (Å²) >= 11 is 3.46. The molecule has 3 heteroatoms. The summed E-state index contributed by atoms with van der Waals surface area (Å²) in [6.07, 6.45) is 2.12. The number of benzene rings is 2. The molecule has 0 unspecified atom stereocenters. The van der Waals surface area contributed by atoms with Gasteiger partial charge in [-0.1, -0.05) is 40.2 Å². The van der Waals surface area contributed by atoms with Crippen molar-refractivity contribution >= 4 is 15.9 Å². The Hall–Kier alpha value is -1.19. The molecule has 98 valence electrons. The number of fused-ring (bicyclic) bond motifs is 1. The zero-order valence-corrected chi connectivity index (χ0v) is 12.1. The summed E-state index contributed by atoms with van der Waals surface area (Å²) in [5, 5.41) is 3.52. The van der Waals surface area contributed by atoms with Gasteiger partial charge >= 0.3 is 0 Å². The summed E-state index contributed by atoms with van der Waals surface area (Å²) < 4.78 is 14.2. The third kappa shape index (κ3) is 2.88. The lowest BCUT2D eigenvalue weighted by molar-refractivity contribution is 0.529. The predicted octanol–water partition coefficient (Wildman–Crippen LogP) is 3.85. The zero-order valence-electron chi connectivity index (χ0n) is 10.5. The first-order chi connectivity index (χ1) is 9.22. The summed E-state index contributed by atoms with van der Waals surface area (Å²) in [5.74, 6) is -0.185. The van der Waals surface area contributed by atoms with Crippen molar-refractivity contribution in [2.45, 2.75) is 25.4 Å². The highest BCUT2D eigenvalue weighted by molar-refractivity contribution is 9.10. The summed E-state index contributed by atoms with van der Waals surface area (Å²) in [5.41, 5.74) is 3.83. The fourth-order valence-electron chi connectivity index (χ4n) is 2.64. The van der Waals surface area contributed by atoms with Crippen molar-refractivity contribution < 1.29 is 4.39 Å². The Kier molecular flexibility index (Phi) is 3.67. The first kappa shape index (κ1) is 12.8. The number of halogens is 2. The van der Waals surface area contributed by atoms with Gasteiger partial charge in [0, 0.05) is 17.1 Å². The van der Waals surface area contributed by atoms with Crippen molar-refractivity contribution in [2.24, 2.45) is 0 Å². The second-order valence-corrected chi connectivity index (χ2v) is 5.84. The average Bonchev–Trinajstić information content (AvgIpc) is 2.82. The molecular weight excluding hydrogens is 305 g/mol. The summed E-state index contributed by atoms with van der Waals surface area (Å²) in [7, 11) is 0. The zero-order chi connectivity index (χ0) is 13.2. The van der Waals surface area contributed by atoms with Crippen LogP contribution in [0.3, 0.4) is 0 Å². The van der Waals surface area contributed by atoms with E-state index in [1.807, 2.05) is 0 Å². The maximum atomic E-state index is 13.2. The van der Waals surface area contributed by atoms with E-state index in [1.54, 1.807) is 12.1 Å². The van der Waals surface area contributed by atoms with E-state index < -0.39 is 0 Å². The quantitative estimate of drug-likeness (QED) is 0.906. The molecule has 0 fully saturated rings. The minimum Gasteiger partial charge on any atom is -0.309 e. The maximum absolute atomic E-state index is 13.2. The molecule has 0 bridgehead atoms. The van der Waals surface area contributed by atoms with E-state index in [-0.39, 0.29) is 5.82 Å². The topological polar surface area (TPSA) is 12.0 Å². The minimum absolute atomic E-state index is 0.185. The normalized spacial score (nSPS) is 14.6. The molecule has 0 aliphatic heterocycles. The van der Waals surface area contributed by atoms with Crippen LogP contribution in [0.25, 0.3) is 0 Å². The van der Waals surface area contributed by atoms with Crippen LogP contribution >= 0.6 is 15.9 Å². The minimum atomic E-state index is -0.185. The lowest BCUT2D eigenvalue weighted by atomic mass is 10.1. The molecule has 0 heterocycles. The van der Waals surface area contributed by atoms with Gasteiger partial charge in [0.15, 0.2) is 0 Å². The van der Waals surface area contributed by atoms with Crippen LogP contribution in [-0.2, 0) is 19.4 Å². The average molecular weight is 320 g/mol. The van der Waals surface area contributed by atoms with Gasteiger partial charge in [0.1, 0.15) is 5.82 Å². The van der Waals surface area contributed by atoms with Crippen LogP contribution in [0.2, 0.25) is 0 Å². The molecule has 2 aromatic carbocycles. The van der Waals surface area contributed by atoms with E-state index in [4.69, 9.17) is 0 Å². The molecule has 0 atom stereocenters. The van der Waals surface area contributed by atoms with Crippen molar-refractivity contribution in [3.05, 3.63) is 69.4 Å². The molecule has 1 N–H and O–H groups in total. The fourth-order valence-corrected chi connectivity index (χ4v) is 3.02. The molecule has 0 amide bonds. The van der Waals surface area contributed by atoms with Gasteiger partial charge in [-0.25, -0.2) is 4.39 Å². The van der Waals surface area contributed by atoms with Gasteiger partial charge in [-0.05, 0) is 47.7 Å². The number of hydrogen-bond acceptors (Lipinski definition) is 1. The molecule has 2 aromatic rings. The molecule has 0 radical (unpaired) electrons. The second-order valence-electron chi connectivity index (χ2n) is 4.99. The first-order valence-electron chi connectivity index (χ1n) is 6.46. The van der Waals surface area contributed by atoms with Crippen molar-refractivity contribution in [1.82, 2.24) is 5.32 Å². The van der Waals surface area contributed by atoms with E-state index in [0.29, 0.717) is 12.6 Å². The smallest absolute Gasteiger partial charge is 0.123 e. The van der Waals surface area contributed by atoms with Crippen LogP contribution in [0.5, 0.6) is 0 Å². The van der Waals surface area contributed by atoms with Crippen LogP contribution in [0.1, 0.15) is 16.7 Å². The second kappa shape index (κ2) is 5.43. The Labute approximate surface area is 121 Å². The van der Waals surface area contributed by atoms with Crippen LogP contribution in [-0.4, -0.2) is 6.04 Å². The highest BCUT2D eigenvalue weighted by Crippen LogP contribution is 2.23. The molecular formula is C16H15BrFN. The highest BCUT2D eigenvalue weighted by Gasteiger charge is 2.20. The van der Waals surface area contributed by atoms with Gasteiger partial charge in [-0.2, -0.15) is 0 Å². The van der Waals surface area contributed by atoms with Crippen molar-refractivity contribution in [3.8, 4) is 0 Å². The van der Waals surface area contributed by atoms with E-state index in [2.05, 4.69) is 45.5 Å². The monoisotopic (exact) mass is 319 g/mol. The first-order valence-corrected chi connectivity index (χ1v) is 7.26. The van der Waals surface area contributed by atoms with Crippen LogP contribution in [0.15, 0.2) is 46.9 Å². The van der Waals surface area contributed by atoms with E-state index in [1.165, 1.54) is 17.2 Å². The Morgan fingerprint density at radius 3 is 2.47 bits per heavy atom. The lowest BCUT2D eigenvalue weighted by Crippen LogP contribution is -2.29. The third-order valence-corrected chi connectivity index (χ3v) is 4.41. The van der Waals surface area contributed by atoms with Crippen molar-refractivity contribution in [1.29, 1.82) is 0 Å². The number of rotatable bonds is 3. The van der Waals surface area contributed by atoms with Gasteiger partial charge in [0.25, 0.3) is 0 Å². The SMILES string of the molecule is Fc1ccc(Br)c(CNC2Cc3ccccc3C2)c1. The highest BCUT2D eigenvalue weighted by atomic mass is 79.9. The largest absolute Gasteiger partial charge is 0.309 e. The van der Waals surface area contributed by atoms with Gasteiger partial charge < -0.3 is 5.32 Å². The number of nitrogens with one attached hydrogen (secondary N) is 1. The molecule has 0 spiro atoms. The van der Waals surface area contributed by atoms with E-state index in [0.717, 1.165) is 22.9 Å². The fraction of sp³-hybridized carbons (Fsp3) is 0.250. The van der Waals surface area contributed by atoms with Gasteiger partial charge in [0.2, 0.25) is 0 Å². The van der Waals surface area contributed by atoms with Crippen molar-refractivity contribution in [2.75, 3.05) is 0 Å². The van der Waals surface area contributed by atoms with Gasteiger partial charge in [-0.3, -0.25) is 0 Å². The standard InChI is InChI=1S/C16H15BrFN/c17-16-6-5-14(18)7-13(16)10-19-15-8-11-3-1-2-4-12(11)9-15/h1-7,15,19H,8-10H2. The molecule has 1 aliphatic rings. The van der Waals surface area contributed by atoms with Crippen LogP contribution in [0, 0.1) is 5.82 Å². The van der Waals surface area contributed by atoms with E-state index >= 15 is 0 Å². The van der Waals surface area contributed by atoms with Gasteiger partial charge in [-0.15, -0.1) is 0 Å². The summed E-state index contributed by atoms with van der Waals surface area (Å²) in [6, 6.07) is 13.8. The summed E-state index contributed by atoms with van der Waals surface area (Å²) in [6.45, 7) is 0.691.